The van der Waals surface area contributed by atoms with Gasteiger partial charge >= 0.3 is 11.9 Å². The van der Waals surface area contributed by atoms with Gasteiger partial charge in [-0.15, -0.1) is 0 Å². The van der Waals surface area contributed by atoms with Gasteiger partial charge in [0.2, 0.25) is 12.2 Å². The Morgan fingerprint density at radius 3 is 2.05 bits per heavy atom. The summed E-state index contributed by atoms with van der Waals surface area (Å²) in [6.45, 7) is 8.84. The van der Waals surface area contributed by atoms with E-state index in [1.807, 2.05) is 32.0 Å². The van der Waals surface area contributed by atoms with Crippen LogP contribution in [0, 0.1) is 0 Å². The molecule has 43 heavy (non-hydrogen) atoms. The zero-order valence-electron chi connectivity index (χ0n) is 25.0. The van der Waals surface area contributed by atoms with Crippen molar-refractivity contribution in [1.29, 1.82) is 0 Å². The van der Waals surface area contributed by atoms with E-state index in [0.29, 0.717) is 36.8 Å². The minimum atomic E-state index is -1.77. The molecule has 1 heterocycles. The van der Waals surface area contributed by atoms with Crippen molar-refractivity contribution in [2.24, 2.45) is 0 Å². The second-order valence-electron chi connectivity index (χ2n) is 10.2. The van der Waals surface area contributed by atoms with Crippen LogP contribution in [-0.4, -0.2) is 90.9 Å². The van der Waals surface area contributed by atoms with Crippen LogP contribution in [0.4, 0.5) is 11.4 Å². The maximum absolute atomic E-state index is 13.6. The number of hydrogen-bond acceptors (Lipinski definition) is 8. The van der Waals surface area contributed by atoms with Crippen molar-refractivity contribution in [1.82, 2.24) is 9.80 Å². The van der Waals surface area contributed by atoms with Gasteiger partial charge in [-0.05, 0) is 49.2 Å². The van der Waals surface area contributed by atoms with E-state index in [1.165, 1.54) is 11.0 Å². The average molecular weight is 615 g/mol. The summed E-state index contributed by atoms with van der Waals surface area (Å²) in [4.78, 5) is 69.6. The van der Waals surface area contributed by atoms with Crippen LogP contribution >= 0.6 is 11.6 Å². The molecule has 1 fully saturated rings. The van der Waals surface area contributed by atoms with E-state index >= 15 is 0 Å². The quantitative estimate of drug-likeness (QED) is 0.358. The highest BCUT2D eigenvalue weighted by atomic mass is 35.5. The molecule has 0 saturated carbocycles. The molecule has 2 aromatic carbocycles. The van der Waals surface area contributed by atoms with Gasteiger partial charge in [-0.2, -0.15) is 0 Å². The zero-order chi connectivity index (χ0) is 31.5. The summed E-state index contributed by atoms with van der Waals surface area (Å²) in [6, 6.07) is 13.7. The lowest BCUT2D eigenvalue weighted by atomic mass is 10.1. The highest BCUT2D eigenvalue weighted by Gasteiger charge is 2.42. The van der Waals surface area contributed by atoms with E-state index < -0.39 is 36.0 Å². The first-order valence-corrected chi connectivity index (χ1v) is 14.8. The lowest BCUT2D eigenvalue weighted by Crippen LogP contribution is -2.57. The lowest BCUT2D eigenvalue weighted by Gasteiger charge is -2.38. The number of halogens is 1. The van der Waals surface area contributed by atoms with Crippen LogP contribution < -0.4 is 10.2 Å². The minimum absolute atomic E-state index is 0.179. The molecule has 0 aliphatic carbocycles. The number of anilines is 2. The second-order valence-corrected chi connectivity index (χ2v) is 10.7. The Morgan fingerprint density at radius 2 is 1.47 bits per heavy atom. The number of carbonyl (C=O) groups excluding carboxylic acids is 5. The topological polar surface area (TPSA) is 126 Å². The first kappa shape index (κ1) is 33.4. The van der Waals surface area contributed by atoms with Crippen LogP contribution in [0.2, 0.25) is 5.02 Å². The molecule has 0 spiro atoms. The van der Waals surface area contributed by atoms with Crippen LogP contribution in [0.1, 0.15) is 50.9 Å². The molecule has 1 saturated heterocycles. The van der Waals surface area contributed by atoms with E-state index in [2.05, 4.69) is 10.2 Å². The number of nitrogens with zero attached hydrogens (tertiary/aromatic N) is 3. The van der Waals surface area contributed by atoms with Crippen molar-refractivity contribution in [3.8, 4) is 0 Å². The monoisotopic (exact) mass is 614 g/mol. The molecule has 2 aromatic rings. The van der Waals surface area contributed by atoms with E-state index in [9.17, 15) is 24.0 Å². The lowest BCUT2D eigenvalue weighted by molar-refractivity contribution is -0.176. The first-order chi connectivity index (χ1) is 20.5. The summed E-state index contributed by atoms with van der Waals surface area (Å²) in [7, 11) is 0. The van der Waals surface area contributed by atoms with Crippen molar-refractivity contribution in [2.75, 3.05) is 49.5 Å². The molecule has 3 rings (SSSR count). The largest absolute Gasteiger partial charge is 0.448 e. The maximum Gasteiger partial charge on any atom is 0.303 e. The van der Waals surface area contributed by atoms with Gasteiger partial charge in [-0.1, -0.05) is 37.6 Å². The van der Waals surface area contributed by atoms with Crippen LogP contribution in [0.5, 0.6) is 0 Å². The Labute approximate surface area is 257 Å². The smallest absolute Gasteiger partial charge is 0.303 e. The molecule has 0 aromatic heterocycles. The fourth-order valence-electron chi connectivity index (χ4n) is 4.87. The third-order valence-electron chi connectivity index (χ3n) is 6.78. The Balaban J connectivity index is 1.79. The summed E-state index contributed by atoms with van der Waals surface area (Å²) in [5.74, 6) is -3.38. The van der Waals surface area contributed by atoms with Gasteiger partial charge in [0.15, 0.2) is 0 Å². The summed E-state index contributed by atoms with van der Waals surface area (Å²) in [5, 5.41) is 3.21. The van der Waals surface area contributed by atoms with Crippen molar-refractivity contribution in [3.05, 3.63) is 59.1 Å². The number of esters is 2. The predicted octanol–water partition coefficient (Wildman–Crippen LogP) is 3.75. The van der Waals surface area contributed by atoms with Crippen molar-refractivity contribution < 1.29 is 33.4 Å². The molecule has 0 radical (unpaired) electrons. The van der Waals surface area contributed by atoms with E-state index in [1.54, 1.807) is 29.2 Å². The van der Waals surface area contributed by atoms with Crippen molar-refractivity contribution in [2.45, 2.75) is 52.7 Å². The van der Waals surface area contributed by atoms with Gasteiger partial charge in [0.05, 0.1) is 0 Å². The summed E-state index contributed by atoms with van der Waals surface area (Å²) in [6.07, 6.45) is -1.88. The number of ether oxygens (including phenoxy) is 2. The van der Waals surface area contributed by atoms with E-state index in [4.69, 9.17) is 21.1 Å². The number of benzene rings is 2. The number of rotatable bonds is 12. The second kappa shape index (κ2) is 15.9. The first-order valence-electron chi connectivity index (χ1n) is 14.4. The summed E-state index contributed by atoms with van der Waals surface area (Å²) < 4.78 is 10.6. The Kier molecular flexibility index (Phi) is 12.4. The van der Waals surface area contributed by atoms with Gasteiger partial charge in [-0.3, -0.25) is 24.0 Å². The molecule has 3 amide bonds. The van der Waals surface area contributed by atoms with E-state index in [0.717, 1.165) is 32.4 Å². The average Bonchev–Trinajstić information content (AvgIpc) is 2.98. The zero-order valence-corrected chi connectivity index (χ0v) is 25.8. The number of piperazine rings is 1. The van der Waals surface area contributed by atoms with Crippen molar-refractivity contribution >= 4 is 52.6 Å². The Hall–Kier alpha value is -4.12. The Bertz CT molecular complexity index is 1310. The van der Waals surface area contributed by atoms with Crippen LogP contribution in [0.15, 0.2) is 48.5 Å². The van der Waals surface area contributed by atoms with Crippen molar-refractivity contribution in [3.63, 3.8) is 0 Å². The predicted molar refractivity (Wildman–Crippen MR) is 163 cm³/mol. The van der Waals surface area contributed by atoms with Gasteiger partial charge in [0, 0.05) is 75.1 Å². The molecule has 0 bridgehead atoms. The van der Waals surface area contributed by atoms with Crippen LogP contribution in [0.3, 0.4) is 0 Å². The maximum atomic E-state index is 13.6. The third kappa shape index (κ3) is 9.44. The fourth-order valence-corrected chi connectivity index (χ4v) is 5.06. The van der Waals surface area contributed by atoms with Gasteiger partial charge in [0.25, 0.3) is 17.7 Å². The highest BCUT2D eigenvalue weighted by molar-refractivity contribution is 6.30. The number of amides is 3. The molecule has 1 aliphatic rings. The molecule has 12 heteroatoms. The summed E-state index contributed by atoms with van der Waals surface area (Å²) in [5.41, 5.74) is 1.53. The highest BCUT2D eigenvalue weighted by Crippen LogP contribution is 2.22. The van der Waals surface area contributed by atoms with Gasteiger partial charge in [-0.25, -0.2) is 0 Å². The van der Waals surface area contributed by atoms with Gasteiger partial charge in [0.1, 0.15) is 0 Å². The Morgan fingerprint density at radius 1 is 0.860 bits per heavy atom. The third-order valence-corrected chi connectivity index (χ3v) is 7.01. The molecule has 2 atom stereocenters. The molecule has 0 unspecified atom stereocenters. The summed E-state index contributed by atoms with van der Waals surface area (Å²) >= 11 is 6.12. The molecule has 1 aliphatic heterocycles. The molecular formula is C31H39ClN4O7. The minimum Gasteiger partial charge on any atom is -0.448 e. The van der Waals surface area contributed by atoms with Crippen LogP contribution in [-0.2, 0) is 28.7 Å². The number of hydrogen-bond donors (Lipinski definition) is 1. The van der Waals surface area contributed by atoms with Gasteiger partial charge < -0.3 is 29.5 Å². The number of carbonyl (C=O) groups is 5. The van der Waals surface area contributed by atoms with E-state index in [-0.39, 0.29) is 24.7 Å². The molecular weight excluding hydrogens is 576 g/mol. The molecule has 232 valence electrons. The molecule has 1 N–H and O–H groups in total. The van der Waals surface area contributed by atoms with Crippen LogP contribution in [0.25, 0.3) is 0 Å². The molecule has 11 nitrogen and oxygen atoms in total. The number of nitrogens with one attached hydrogen (secondary N) is 1. The fraction of sp³-hybridized carbons (Fsp3) is 0.452. The normalized spacial score (nSPS) is 14.3. The SMILES string of the molecule is CCCN(CCC)C(=O)c1cccc(NC(=O)[C@H](OC(C)=O)[C@@H](OC(C)=O)C(=O)N2CCN(c3cccc(Cl)c3)CC2)c1. The standard InChI is InChI=1S/C31H39ClN4O7/c1-5-13-35(14-6-2)30(40)23-9-7-11-25(19-23)33-29(39)27(42-21(3)37)28(43-22(4)38)31(41)36-17-15-34(16-18-36)26-12-8-10-24(32)20-26/h7-12,19-20,27-28H,5-6,13-18H2,1-4H3,(H,33,39)/t27-,28-/m1/s1.